The quantitative estimate of drug-likeness (QED) is 0.118. The number of quaternary nitrogens is 1. The maximum absolute atomic E-state index is 14.9. The number of methoxy groups -OCH3 is 1. The van der Waals surface area contributed by atoms with Crippen LogP contribution in [0.15, 0.2) is 103 Å². The lowest BCUT2D eigenvalue weighted by molar-refractivity contribution is -0.154. The Morgan fingerprint density at radius 1 is 0.870 bits per heavy atom. The lowest BCUT2D eigenvalue weighted by atomic mass is 9.91. The van der Waals surface area contributed by atoms with Gasteiger partial charge >= 0.3 is 0 Å². The molecule has 3 heterocycles. The monoisotopic (exact) mass is 671 g/mol. The van der Waals surface area contributed by atoms with Gasteiger partial charge in [-0.3, -0.25) is 4.79 Å². The second kappa shape index (κ2) is 12.0. The molecule has 11 heteroatoms. The number of carbonyl (C=O) groups is 1. The molecule has 0 saturated carbocycles. The third-order valence-electron chi connectivity index (χ3n) is 9.00. The Hall–Kier alpha value is -3.89. The van der Waals surface area contributed by atoms with E-state index < -0.39 is 6.04 Å². The maximum Gasteiger partial charge on any atom is 0.286 e. The molecule has 1 aromatic heterocycles. The maximum atomic E-state index is 14.9. The van der Waals surface area contributed by atoms with Crippen molar-refractivity contribution in [2.75, 3.05) is 7.11 Å². The topological polar surface area (TPSA) is 73.1 Å². The van der Waals surface area contributed by atoms with Crippen LogP contribution in [0.4, 0.5) is 11.4 Å². The van der Waals surface area contributed by atoms with Crippen molar-refractivity contribution < 1.29 is 9.53 Å². The third kappa shape index (κ3) is 5.25. The number of amides is 1. The summed E-state index contributed by atoms with van der Waals surface area (Å²) in [4.78, 5) is 16.9. The van der Waals surface area contributed by atoms with Crippen molar-refractivity contribution in [2.24, 2.45) is 0 Å². The second-order valence-electron chi connectivity index (χ2n) is 12.2. The molecule has 1 amide bonds. The van der Waals surface area contributed by atoms with Crippen LogP contribution in [0.3, 0.4) is 0 Å². The highest BCUT2D eigenvalue weighted by Gasteiger charge is 2.70. The molecule has 0 bridgehead atoms. The first kappa shape index (κ1) is 30.7. The fourth-order valence-electron chi connectivity index (χ4n) is 6.91. The Labute approximate surface area is 282 Å². The molecule has 2 fully saturated rings. The van der Waals surface area contributed by atoms with E-state index >= 15 is 0 Å². The summed E-state index contributed by atoms with van der Waals surface area (Å²) in [5.74, 6) is 1.47. The molecule has 2 unspecified atom stereocenters. The number of hydrogen-bond acceptors (Lipinski definition) is 6. The van der Waals surface area contributed by atoms with Crippen LogP contribution in [0.5, 0.6) is 5.75 Å². The number of β-lactam (4-membered cyclic amide) rings is 1. The van der Waals surface area contributed by atoms with Crippen LogP contribution < -0.4 is 9.22 Å². The number of ether oxygens (including phenoxy) is 1. The molecule has 0 spiro atoms. The Kier molecular flexibility index (Phi) is 8.05. The number of aromatic nitrogens is 4. The number of nitrogens with zero attached hydrogens (tertiary/aromatic N) is 6. The zero-order valence-corrected chi connectivity index (χ0v) is 28.0. The molecule has 2 aliphatic rings. The van der Waals surface area contributed by atoms with Crippen molar-refractivity contribution in [2.45, 2.75) is 49.1 Å². The van der Waals surface area contributed by atoms with Gasteiger partial charge in [0.2, 0.25) is 6.04 Å². The highest BCUT2D eigenvalue weighted by Crippen LogP contribution is 2.61. The lowest BCUT2D eigenvalue weighted by Gasteiger charge is -2.53. The largest absolute Gasteiger partial charge is 0.497 e. The van der Waals surface area contributed by atoms with Crippen molar-refractivity contribution in [3.8, 4) is 5.75 Å². The summed E-state index contributed by atoms with van der Waals surface area (Å²) in [5, 5.41) is 14.0. The summed E-state index contributed by atoms with van der Waals surface area (Å²) < 4.78 is 6.98. The standard InChI is InChI=1S/C35H33Cl2N6O2S/c1-35(2)31(32-38-39-40-41(32)21-23-15-17-29(45-3)18-16-23)42-33(44)30(34(42)46-35)43(22-24-9-5-4-6-10-24,27-13-7-11-25(36)19-27)28-14-8-12-26(37)20-28/h4-20,30-31,34H,21-22H2,1-3H3/q+1/t30?,31?,34-/m0/s1. The van der Waals surface area contributed by atoms with Gasteiger partial charge in [0, 0.05) is 32.5 Å². The second-order valence-corrected chi connectivity index (χ2v) is 14.9. The Morgan fingerprint density at radius 2 is 1.52 bits per heavy atom. The van der Waals surface area contributed by atoms with E-state index in [-0.39, 0.29) is 26.6 Å². The van der Waals surface area contributed by atoms with Gasteiger partial charge in [0.05, 0.1) is 13.7 Å². The van der Waals surface area contributed by atoms with Crippen molar-refractivity contribution in [1.29, 1.82) is 0 Å². The van der Waals surface area contributed by atoms with Gasteiger partial charge in [-0.15, -0.1) is 16.9 Å². The molecular formula is C35H33Cl2N6O2S+. The fraction of sp³-hybridized carbons (Fsp3) is 0.257. The van der Waals surface area contributed by atoms with Gasteiger partial charge in [-0.25, -0.2) is 9.16 Å². The molecule has 0 radical (unpaired) electrons. The highest BCUT2D eigenvalue weighted by molar-refractivity contribution is 8.01. The third-order valence-corrected chi connectivity index (χ3v) is 11.0. The smallest absolute Gasteiger partial charge is 0.286 e. The Balaban J connectivity index is 1.33. The summed E-state index contributed by atoms with van der Waals surface area (Å²) >= 11 is 15.1. The minimum Gasteiger partial charge on any atom is -0.497 e. The zero-order valence-electron chi connectivity index (χ0n) is 25.6. The van der Waals surface area contributed by atoms with Crippen LogP contribution in [0.2, 0.25) is 10.0 Å². The van der Waals surface area contributed by atoms with E-state index in [1.807, 2.05) is 83.8 Å². The number of carbonyl (C=O) groups excluding carboxylic acids is 1. The van der Waals surface area contributed by atoms with E-state index in [9.17, 15) is 4.79 Å². The molecule has 2 saturated heterocycles. The van der Waals surface area contributed by atoms with Gasteiger partial charge in [0.25, 0.3) is 5.91 Å². The highest BCUT2D eigenvalue weighted by atomic mass is 35.5. The molecule has 8 nitrogen and oxygen atoms in total. The molecule has 234 valence electrons. The average molecular weight is 673 g/mol. The van der Waals surface area contributed by atoms with Crippen molar-refractivity contribution >= 4 is 52.2 Å². The predicted molar refractivity (Wildman–Crippen MR) is 183 cm³/mol. The number of benzene rings is 4. The van der Waals surface area contributed by atoms with Gasteiger partial charge in [-0.05, 0) is 66.2 Å². The normalized spacial score (nSPS) is 20.3. The average Bonchev–Trinajstić information content (AvgIpc) is 3.59. The molecule has 4 aromatic carbocycles. The van der Waals surface area contributed by atoms with Crippen LogP contribution in [-0.4, -0.2) is 54.3 Å². The molecule has 0 N–H and O–H groups in total. The summed E-state index contributed by atoms with van der Waals surface area (Å²) in [6.07, 6.45) is 0. The van der Waals surface area contributed by atoms with Crippen LogP contribution in [0, 0.1) is 0 Å². The van der Waals surface area contributed by atoms with Gasteiger partial charge in [-0.1, -0.05) is 77.8 Å². The fourth-order valence-corrected chi connectivity index (χ4v) is 9.04. The van der Waals surface area contributed by atoms with Gasteiger partial charge in [0.1, 0.15) is 35.1 Å². The summed E-state index contributed by atoms with van der Waals surface area (Å²) in [5.41, 5.74) is 3.96. The van der Waals surface area contributed by atoms with E-state index in [1.165, 1.54) is 0 Å². The summed E-state index contributed by atoms with van der Waals surface area (Å²) in [7, 11) is 1.65. The number of hydrogen-bond donors (Lipinski definition) is 0. The van der Waals surface area contributed by atoms with Crippen LogP contribution in [0.25, 0.3) is 0 Å². The molecule has 2 aliphatic heterocycles. The first-order chi connectivity index (χ1) is 22.2. The molecule has 5 aromatic rings. The van der Waals surface area contributed by atoms with E-state index in [0.29, 0.717) is 29.0 Å². The first-order valence-electron chi connectivity index (χ1n) is 15.0. The van der Waals surface area contributed by atoms with E-state index in [2.05, 4.69) is 53.6 Å². The summed E-state index contributed by atoms with van der Waals surface area (Å²) in [6, 6.07) is 33.0. The number of tetrazole rings is 1. The minimum absolute atomic E-state index is 0.0305. The Morgan fingerprint density at radius 3 is 2.13 bits per heavy atom. The van der Waals surface area contributed by atoms with Gasteiger partial charge < -0.3 is 9.64 Å². The van der Waals surface area contributed by atoms with E-state index in [0.717, 1.165) is 28.3 Å². The number of halogens is 2. The van der Waals surface area contributed by atoms with E-state index in [4.69, 9.17) is 27.9 Å². The van der Waals surface area contributed by atoms with Crippen molar-refractivity contribution in [3.05, 3.63) is 130 Å². The summed E-state index contributed by atoms with van der Waals surface area (Å²) in [6.45, 7) is 5.34. The molecule has 46 heavy (non-hydrogen) atoms. The van der Waals surface area contributed by atoms with Crippen LogP contribution in [0.1, 0.15) is 36.8 Å². The molecule has 7 rings (SSSR count). The predicted octanol–water partition coefficient (Wildman–Crippen LogP) is 7.68. The number of rotatable bonds is 9. The lowest BCUT2D eigenvalue weighted by Crippen LogP contribution is -2.74. The van der Waals surface area contributed by atoms with Crippen molar-refractivity contribution in [1.82, 2.24) is 29.6 Å². The molecule has 0 aliphatic carbocycles. The minimum atomic E-state index is -0.461. The Bertz CT molecular complexity index is 1840. The van der Waals surface area contributed by atoms with Gasteiger partial charge in [-0.2, -0.15) is 0 Å². The van der Waals surface area contributed by atoms with Crippen LogP contribution in [-0.2, 0) is 17.9 Å². The van der Waals surface area contributed by atoms with E-state index in [1.54, 1.807) is 23.6 Å². The van der Waals surface area contributed by atoms with Crippen LogP contribution >= 0.6 is 35.0 Å². The van der Waals surface area contributed by atoms with Crippen molar-refractivity contribution in [3.63, 3.8) is 0 Å². The molecule has 3 atom stereocenters. The first-order valence-corrected chi connectivity index (χ1v) is 16.7. The molecular weight excluding hydrogens is 639 g/mol. The number of fused-ring (bicyclic) bond motifs is 1. The number of thioether (sulfide) groups is 1. The zero-order chi connectivity index (χ0) is 32.1. The van der Waals surface area contributed by atoms with Gasteiger partial charge in [0.15, 0.2) is 5.82 Å². The SMILES string of the molecule is COc1ccc(Cn2nnnc2C2N3C(=O)C([N+](Cc4ccccc4)(c4cccc(Cl)c4)c4cccc(Cl)c4)[C@@H]3SC2(C)C)cc1.